The Morgan fingerprint density at radius 3 is 1.91 bits per heavy atom. The number of hydrogen-bond acceptors (Lipinski definition) is 3. The molecule has 0 saturated heterocycles. The zero-order chi connectivity index (χ0) is 16.9. The minimum atomic E-state index is -3.78. The maximum Gasteiger partial charge on any atom is 0.192 e. The van der Waals surface area contributed by atoms with Crippen molar-refractivity contribution in [3.63, 3.8) is 0 Å². The summed E-state index contributed by atoms with van der Waals surface area (Å²) < 4.78 is 25.8. The van der Waals surface area contributed by atoms with E-state index in [1.54, 1.807) is 54.6 Å². The Balaban J connectivity index is 2.49. The number of benzene rings is 2. The first-order valence-electron chi connectivity index (χ1n) is 7.49. The minimum Gasteiger partial charge on any atom is -0.292 e. The van der Waals surface area contributed by atoms with Gasteiger partial charge in [-0.2, -0.15) is 0 Å². The number of ketones is 1. The highest BCUT2D eigenvalue weighted by Gasteiger charge is 2.32. The fraction of sp³-hybridized carbons (Fsp3) is 0.211. The molecule has 0 aliphatic carbocycles. The highest BCUT2D eigenvalue weighted by Crippen LogP contribution is 2.21. The van der Waals surface area contributed by atoms with E-state index < -0.39 is 20.9 Å². The van der Waals surface area contributed by atoms with Crippen LogP contribution in [0.15, 0.2) is 77.7 Å². The molecule has 23 heavy (non-hydrogen) atoms. The molecule has 0 spiro atoms. The molecule has 0 saturated carbocycles. The van der Waals surface area contributed by atoms with E-state index in [4.69, 9.17) is 0 Å². The van der Waals surface area contributed by atoms with Crippen molar-refractivity contribution < 1.29 is 13.2 Å². The normalized spacial score (nSPS) is 13.3. The zero-order valence-electron chi connectivity index (χ0n) is 13.2. The Kier molecular flexibility index (Phi) is 5.50. The molecule has 2 aromatic rings. The number of rotatable bonds is 6. The van der Waals surface area contributed by atoms with Gasteiger partial charge in [-0.1, -0.05) is 74.5 Å². The predicted octanol–water partition coefficient (Wildman–Crippen LogP) is 3.92. The molecule has 0 N–H and O–H groups in total. The number of Topliss-reactive ketones (excluding diaryl/α,β-unsaturated/α-hetero) is 1. The summed E-state index contributed by atoms with van der Waals surface area (Å²) in [6, 6.07) is 16.6. The van der Waals surface area contributed by atoms with Gasteiger partial charge in [-0.25, -0.2) is 8.42 Å². The van der Waals surface area contributed by atoms with Gasteiger partial charge >= 0.3 is 0 Å². The van der Waals surface area contributed by atoms with Crippen LogP contribution in [0, 0.1) is 5.92 Å². The number of carbonyl (C=O) groups excluding carboxylic acids is 1. The predicted molar refractivity (Wildman–Crippen MR) is 92.2 cm³/mol. The molecular formula is C19H20O3S. The van der Waals surface area contributed by atoms with Gasteiger partial charge in [0.2, 0.25) is 0 Å². The summed E-state index contributed by atoms with van der Waals surface area (Å²) in [6.07, 6.45) is 3.26. The van der Waals surface area contributed by atoms with E-state index in [0.717, 1.165) is 0 Å². The van der Waals surface area contributed by atoms with E-state index in [9.17, 15) is 13.2 Å². The first-order chi connectivity index (χ1) is 10.9. The van der Waals surface area contributed by atoms with Gasteiger partial charge in [0.05, 0.1) is 4.90 Å². The SMILES string of the molecule is CC(C)/C=C/C(C(=O)c1ccccc1)S(=O)(=O)c1ccccc1. The van der Waals surface area contributed by atoms with E-state index in [0.29, 0.717) is 5.56 Å². The maximum atomic E-state index is 12.9. The second-order valence-corrected chi connectivity index (χ2v) is 7.71. The van der Waals surface area contributed by atoms with Crippen LogP contribution >= 0.6 is 0 Å². The lowest BCUT2D eigenvalue weighted by Crippen LogP contribution is -2.29. The van der Waals surface area contributed by atoms with Crippen molar-refractivity contribution in [3.8, 4) is 0 Å². The van der Waals surface area contributed by atoms with Gasteiger partial charge in [-0.15, -0.1) is 0 Å². The van der Waals surface area contributed by atoms with Crippen molar-refractivity contribution in [2.75, 3.05) is 0 Å². The van der Waals surface area contributed by atoms with Crippen LogP contribution in [-0.2, 0) is 9.84 Å². The first-order valence-corrected chi connectivity index (χ1v) is 9.04. The minimum absolute atomic E-state index is 0.155. The molecule has 0 heterocycles. The van der Waals surface area contributed by atoms with Crippen LogP contribution < -0.4 is 0 Å². The smallest absolute Gasteiger partial charge is 0.192 e. The van der Waals surface area contributed by atoms with Crippen molar-refractivity contribution in [2.45, 2.75) is 24.0 Å². The van der Waals surface area contributed by atoms with Gasteiger partial charge in [0, 0.05) is 5.56 Å². The number of allylic oxidation sites excluding steroid dienone is 1. The van der Waals surface area contributed by atoms with Crippen molar-refractivity contribution >= 4 is 15.6 Å². The van der Waals surface area contributed by atoms with E-state index in [-0.39, 0.29) is 10.8 Å². The van der Waals surface area contributed by atoms with E-state index in [1.807, 2.05) is 13.8 Å². The van der Waals surface area contributed by atoms with E-state index >= 15 is 0 Å². The molecular weight excluding hydrogens is 308 g/mol. The topological polar surface area (TPSA) is 51.2 Å². The Labute approximate surface area is 137 Å². The fourth-order valence-electron chi connectivity index (χ4n) is 2.18. The van der Waals surface area contributed by atoms with Crippen LogP contribution in [0.5, 0.6) is 0 Å². The highest BCUT2D eigenvalue weighted by molar-refractivity contribution is 7.93. The van der Waals surface area contributed by atoms with Crippen molar-refractivity contribution in [3.05, 3.63) is 78.4 Å². The first kappa shape index (κ1) is 17.2. The van der Waals surface area contributed by atoms with Gasteiger partial charge in [0.15, 0.2) is 15.6 Å². The molecule has 2 rings (SSSR count). The molecule has 0 bridgehead atoms. The lowest BCUT2D eigenvalue weighted by atomic mass is 10.1. The van der Waals surface area contributed by atoms with Crippen molar-refractivity contribution in [1.29, 1.82) is 0 Å². The molecule has 120 valence electrons. The molecule has 0 radical (unpaired) electrons. The lowest BCUT2D eigenvalue weighted by molar-refractivity contribution is 0.0998. The van der Waals surface area contributed by atoms with Gasteiger partial charge in [-0.3, -0.25) is 4.79 Å². The zero-order valence-corrected chi connectivity index (χ0v) is 14.0. The van der Waals surface area contributed by atoms with Crippen LogP contribution in [-0.4, -0.2) is 19.5 Å². The van der Waals surface area contributed by atoms with Crippen LogP contribution in [0.3, 0.4) is 0 Å². The second-order valence-electron chi connectivity index (χ2n) is 5.64. The van der Waals surface area contributed by atoms with Gasteiger partial charge in [0.25, 0.3) is 0 Å². The average molecular weight is 328 g/mol. The summed E-state index contributed by atoms with van der Waals surface area (Å²) >= 11 is 0. The molecule has 0 aromatic heterocycles. The summed E-state index contributed by atoms with van der Waals surface area (Å²) in [7, 11) is -3.78. The molecule has 0 fully saturated rings. The van der Waals surface area contributed by atoms with Gasteiger partial charge in [-0.05, 0) is 18.1 Å². The molecule has 2 aromatic carbocycles. The summed E-state index contributed by atoms with van der Waals surface area (Å²) in [5.74, 6) is -0.251. The molecule has 1 unspecified atom stereocenters. The average Bonchev–Trinajstić information content (AvgIpc) is 2.56. The lowest BCUT2D eigenvalue weighted by Gasteiger charge is -2.14. The van der Waals surface area contributed by atoms with Gasteiger partial charge in [0.1, 0.15) is 5.25 Å². The summed E-state index contributed by atoms with van der Waals surface area (Å²) in [4.78, 5) is 12.9. The van der Waals surface area contributed by atoms with Gasteiger partial charge < -0.3 is 0 Å². The third-order valence-corrected chi connectivity index (χ3v) is 5.36. The third-order valence-electron chi connectivity index (χ3n) is 3.39. The van der Waals surface area contributed by atoms with Crippen molar-refractivity contribution in [2.24, 2.45) is 5.92 Å². The highest BCUT2D eigenvalue weighted by atomic mass is 32.2. The summed E-state index contributed by atoms with van der Waals surface area (Å²) in [5.41, 5.74) is 0.394. The maximum absolute atomic E-state index is 12.9. The molecule has 4 heteroatoms. The number of hydrogen-bond donors (Lipinski definition) is 0. The van der Waals surface area contributed by atoms with Crippen LogP contribution in [0.1, 0.15) is 24.2 Å². The quantitative estimate of drug-likeness (QED) is 0.596. The van der Waals surface area contributed by atoms with Crippen molar-refractivity contribution in [1.82, 2.24) is 0 Å². The summed E-state index contributed by atoms with van der Waals surface area (Å²) in [6.45, 7) is 3.88. The Hall–Kier alpha value is -2.20. The number of sulfone groups is 1. The van der Waals surface area contributed by atoms with Crippen LogP contribution in [0.2, 0.25) is 0 Å². The molecule has 0 aliphatic rings. The second kappa shape index (κ2) is 7.38. The largest absolute Gasteiger partial charge is 0.292 e. The number of carbonyl (C=O) groups is 1. The standard InChI is InChI=1S/C19H20O3S/c1-15(2)13-14-18(19(20)16-9-5-3-6-10-16)23(21,22)17-11-7-4-8-12-17/h3-15,18H,1-2H3/b14-13+. The molecule has 3 nitrogen and oxygen atoms in total. The summed E-state index contributed by atoms with van der Waals surface area (Å²) in [5, 5.41) is -1.21. The van der Waals surface area contributed by atoms with Crippen LogP contribution in [0.25, 0.3) is 0 Å². The molecule has 0 amide bonds. The Morgan fingerprint density at radius 2 is 1.39 bits per heavy atom. The monoisotopic (exact) mass is 328 g/mol. The Bertz CT molecular complexity index is 776. The van der Waals surface area contributed by atoms with Crippen LogP contribution in [0.4, 0.5) is 0 Å². The van der Waals surface area contributed by atoms with E-state index in [1.165, 1.54) is 18.2 Å². The third kappa shape index (κ3) is 4.17. The Morgan fingerprint density at radius 1 is 0.870 bits per heavy atom. The molecule has 1 atom stereocenters. The fourth-order valence-corrected chi connectivity index (χ4v) is 3.72. The molecule has 0 aliphatic heterocycles. The van der Waals surface area contributed by atoms with E-state index in [2.05, 4.69) is 0 Å².